The van der Waals surface area contributed by atoms with Gasteiger partial charge in [0.25, 0.3) is 0 Å². The molecule has 0 fully saturated rings. The molecule has 3 rings (SSSR count). The summed E-state index contributed by atoms with van der Waals surface area (Å²) >= 11 is 1.33. The summed E-state index contributed by atoms with van der Waals surface area (Å²) < 4.78 is 0. The van der Waals surface area contributed by atoms with Gasteiger partial charge in [-0.15, -0.1) is 0 Å². The van der Waals surface area contributed by atoms with Crippen molar-refractivity contribution < 1.29 is 4.79 Å². The van der Waals surface area contributed by atoms with Gasteiger partial charge in [-0.25, -0.2) is 4.98 Å². The number of carbonyl (C=O) groups excluding carboxylic acids is 1. The number of benzene rings is 1. The second-order valence-electron chi connectivity index (χ2n) is 5.30. The molecular weight excluding hydrogens is 320 g/mol. The second kappa shape index (κ2) is 6.77. The zero-order valence-corrected chi connectivity index (χ0v) is 14.2. The van der Waals surface area contributed by atoms with Gasteiger partial charge in [0.15, 0.2) is 5.78 Å². The first kappa shape index (κ1) is 16.1. The van der Waals surface area contributed by atoms with Crippen LogP contribution in [0.2, 0.25) is 0 Å². The molecule has 1 aliphatic heterocycles. The predicted octanol–water partition coefficient (Wildman–Crippen LogP) is 3.06. The summed E-state index contributed by atoms with van der Waals surface area (Å²) in [6.45, 7) is 0. The first-order valence-electron chi connectivity index (χ1n) is 7.41. The molecule has 0 saturated carbocycles. The summed E-state index contributed by atoms with van der Waals surface area (Å²) in [6, 6.07) is 15.5. The first-order valence-corrected chi connectivity index (χ1v) is 8.40. The fraction of sp³-hybridized carbons (Fsp3) is 0.167. The van der Waals surface area contributed by atoms with E-state index in [-0.39, 0.29) is 17.1 Å². The summed E-state index contributed by atoms with van der Waals surface area (Å²) in [5.41, 5.74) is 2.13. The number of aromatic nitrogens is 1. The highest BCUT2D eigenvalue weighted by atomic mass is 32.2. The molecule has 0 spiro atoms. The van der Waals surface area contributed by atoms with Crippen LogP contribution < -0.4 is 9.80 Å². The molecule has 24 heavy (non-hydrogen) atoms. The van der Waals surface area contributed by atoms with Crippen molar-refractivity contribution in [3.05, 3.63) is 60.1 Å². The Labute approximate surface area is 145 Å². The minimum atomic E-state index is -0.199. The van der Waals surface area contributed by atoms with Crippen LogP contribution in [-0.2, 0) is 4.79 Å². The molecule has 2 aromatic rings. The van der Waals surface area contributed by atoms with Gasteiger partial charge in [-0.05, 0) is 24.3 Å². The third-order valence-corrected chi connectivity index (χ3v) is 4.79. The van der Waals surface area contributed by atoms with E-state index in [0.29, 0.717) is 5.82 Å². The number of Topliss-reactive ketones (excluding diaryl/α,β-unsaturated/α-hetero) is 1. The molecule has 0 amide bonds. The first-order chi connectivity index (χ1) is 11.6. The molecule has 0 saturated heterocycles. The zero-order chi connectivity index (χ0) is 17.1. The number of thioether (sulfide) groups is 1. The van der Waals surface area contributed by atoms with Crippen LogP contribution in [0.1, 0.15) is 0 Å². The molecule has 6 heteroatoms. The number of anilines is 2. The SMILES string of the molecule is CN1C(=C(C#N)C(=O)CSc2ccccn2)N(C)c2ccccc21. The molecule has 0 radical (unpaired) electrons. The van der Waals surface area contributed by atoms with E-state index < -0.39 is 0 Å². The number of fused-ring (bicyclic) bond motifs is 1. The van der Waals surface area contributed by atoms with E-state index in [4.69, 9.17) is 0 Å². The molecule has 0 unspecified atom stereocenters. The van der Waals surface area contributed by atoms with Crippen molar-refractivity contribution in [2.24, 2.45) is 0 Å². The van der Waals surface area contributed by atoms with Crippen LogP contribution in [0.3, 0.4) is 0 Å². The van der Waals surface area contributed by atoms with Gasteiger partial charge in [-0.3, -0.25) is 4.79 Å². The van der Waals surface area contributed by atoms with Crippen molar-refractivity contribution >= 4 is 28.9 Å². The van der Waals surface area contributed by atoms with Crippen LogP contribution in [0.15, 0.2) is 65.1 Å². The number of hydrogen-bond acceptors (Lipinski definition) is 6. The maximum atomic E-state index is 12.6. The number of rotatable bonds is 4. The highest BCUT2D eigenvalue weighted by Crippen LogP contribution is 2.40. The monoisotopic (exact) mass is 336 g/mol. The van der Waals surface area contributed by atoms with Crippen molar-refractivity contribution in [3.8, 4) is 6.07 Å². The van der Waals surface area contributed by atoms with Crippen LogP contribution in [0.25, 0.3) is 0 Å². The molecule has 0 aliphatic carbocycles. The fourth-order valence-corrected chi connectivity index (χ4v) is 3.43. The van der Waals surface area contributed by atoms with Crippen LogP contribution in [0, 0.1) is 11.3 Å². The lowest BCUT2D eigenvalue weighted by Gasteiger charge is -2.19. The predicted molar refractivity (Wildman–Crippen MR) is 95.9 cm³/mol. The lowest BCUT2D eigenvalue weighted by molar-refractivity contribution is -0.112. The smallest absolute Gasteiger partial charge is 0.187 e. The standard InChI is InChI=1S/C18H16N4OS/c1-21-14-7-3-4-8-15(14)22(2)18(21)13(11-19)16(23)12-24-17-9-5-6-10-20-17/h3-10H,12H2,1-2H3. The largest absolute Gasteiger partial charge is 0.328 e. The Hall–Kier alpha value is -2.78. The molecule has 0 atom stereocenters. The van der Waals surface area contributed by atoms with Gasteiger partial charge in [0.2, 0.25) is 0 Å². The van der Waals surface area contributed by atoms with Gasteiger partial charge in [0, 0.05) is 20.3 Å². The minimum absolute atomic E-state index is 0.166. The summed E-state index contributed by atoms with van der Waals surface area (Å²) in [7, 11) is 3.74. The molecule has 1 aliphatic rings. The van der Waals surface area contributed by atoms with Gasteiger partial charge >= 0.3 is 0 Å². The van der Waals surface area contributed by atoms with E-state index in [2.05, 4.69) is 11.1 Å². The van der Waals surface area contributed by atoms with Crippen LogP contribution >= 0.6 is 11.8 Å². The minimum Gasteiger partial charge on any atom is -0.328 e. The topological polar surface area (TPSA) is 60.2 Å². The van der Waals surface area contributed by atoms with E-state index in [0.717, 1.165) is 16.4 Å². The summed E-state index contributed by atoms with van der Waals surface area (Å²) in [5.74, 6) is 0.599. The number of allylic oxidation sites excluding steroid dienone is 1. The summed E-state index contributed by atoms with van der Waals surface area (Å²) in [4.78, 5) is 20.6. The number of nitriles is 1. The third kappa shape index (κ3) is 2.86. The summed E-state index contributed by atoms with van der Waals surface area (Å²) in [6.07, 6.45) is 1.69. The number of nitrogens with zero attached hydrogens (tertiary/aromatic N) is 4. The Kier molecular flexibility index (Phi) is 4.54. The number of para-hydroxylation sites is 2. The van der Waals surface area contributed by atoms with Crippen LogP contribution in [-0.4, -0.2) is 30.6 Å². The molecule has 120 valence electrons. The van der Waals surface area contributed by atoms with Gasteiger partial charge in [-0.1, -0.05) is 30.0 Å². The van der Waals surface area contributed by atoms with Gasteiger partial charge in [-0.2, -0.15) is 5.26 Å². The van der Waals surface area contributed by atoms with E-state index >= 15 is 0 Å². The van der Waals surface area contributed by atoms with Gasteiger partial charge in [0.05, 0.1) is 22.2 Å². The van der Waals surface area contributed by atoms with E-state index in [1.165, 1.54) is 11.8 Å². The summed E-state index contributed by atoms with van der Waals surface area (Å²) in [5, 5.41) is 10.3. The molecule has 5 nitrogen and oxygen atoms in total. The van der Waals surface area contributed by atoms with E-state index in [1.54, 1.807) is 6.20 Å². The maximum absolute atomic E-state index is 12.6. The van der Waals surface area contributed by atoms with Crippen molar-refractivity contribution in [2.45, 2.75) is 5.03 Å². The lowest BCUT2D eigenvalue weighted by Crippen LogP contribution is -2.26. The lowest BCUT2D eigenvalue weighted by atomic mass is 10.2. The van der Waals surface area contributed by atoms with E-state index in [1.807, 2.05) is 66.4 Å². The Morgan fingerprint density at radius 2 is 1.75 bits per heavy atom. The molecule has 1 aromatic heterocycles. The Bertz CT molecular complexity index is 811. The van der Waals surface area contributed by atoms with Crippen molar-refractivity contribution in [3.63, 3.8) is 0 Å². The quantitative estimate of drug-likeness (QED) is 0.486. The van der Waals surface area contributed by atoms with Crippen LogP contribution in [0.4, 0.5) is 11.4 Å². The maximum Gasteiger partial charge on any atom is 0.187 e. The zero-order valence-electron chi connectivity index (χ0n) is 13.4. The van der Waals surface area contributed by atoms with Crippen LogP contribution in [0.5, 0.6) is 0 Å². The van der Waals surface area contributed by atoms with Gasteiger partial charge in [0.1, 0.15) is 17.5 Å². The van der Waals surface area contributed by atoms with Crippen molar-refractivity contribution in [2.75, 3.05) is 29.6 Å². The third-order valence-electron chi connectivity index (χ3n) is 3.84. The molecular formula is C18H16N4OS. The Balaban J connectivity index is 1.87. The average molecular weight is 336 g/mol. The van der Waals surface area contributed by atoms with Crippen molar-refractivity contribution in [1.29, 1.82) is 5.26 Å². The Morgan fingerprint density at radius 1 is 1.12 bits per heavy atom. The molecule has 0 N–H and O–H groups in total. The molecule has 2 heterocycles. The molecule has 1 aromatic carbocycles. The Morgan fingerprint density at radius 3 is 2.29 bits per heavy atom. The normalized spacial score (nSPS) is 12.8. The highest BCUT2D eigenvalue weighted by Gasteiger charge is 2.31. The van der Waals surface area contributed by atoms with E-state index in [9.17, 15) is 10.1 Å². The average Bonchev–Trinajstić information content (AvgIpc) is 2.87. The second-order valence-corrected chi connectivity index (χ2v) is 6.29. The number of ketones is 1. The fourth-order valence-electron chi connectivity index (χ4n) is 2.70. The van der Waals surface area contributed by atoms with Crippen molar-refractivity contribution in [1.82, 2.24) is 4.98 Å². The molecule has 0 bridgehead atoms. The number of carbonyl (C=O) groups is 1. The number of pyridine rings is 1. The van der Waals surface area contributed by atoms with Gasteiger partial charge < -0.3 is 9.80 Å². The number of hydrogen-bond donors (Lipinski definition) is 0. The highest BCUT2D eigenvalue weighted by molar-refractivity contribution is 7.99.